The number of carbonyl (C=O) groups is 1. The van der Waals surface area contributed by atoms with E-state index < -0.39 is 0 Å². The number of hydrogen-bond acceptors (Lipinski definition) is 3. The van der Waals surface area contributed by atoms with Gasteiger partial charge in [-0.2, -0.15) is 5.10 Å². The third kappa shape index (κ3) is 7.55. The van der Waals surface area contributed by atoms with Crippen molar-refractivity contribution in [2.75, 3.05) is 18.9 Å². The highest BCUT2D eigenvalue weighted by Crippen LogP contribution is 2.10. The smallest absolute Gasteiger partial charge is 0.246 e. The van der Waals surface area contributed by atoms with E-state index in [4.69, 9.17) is 0 Å². The molecule has 0 radical (unpaired) electrons. The highest BCUT2D eigenvalue weighted by molar-refractivity contribution is 14.0. The fourth-order valence-electron chi connectivity index (χ4n) is 2.15. The molecule has 0 atom stereocenters. The average molecular weight is 456 g/mol. The van der Waals surface area contributed by atoms with Crippen LogP contribution in [0.25, 0.3) is 0 Å². The van der Waals surface area contributed by atoms with Gasteiger partial charge in [-0.3, -0.25) is 14.5 Å². The van der Waals surface area contributed by atoms with Crippen molar-refractivity contribution < 1.29 is 4.79 Å². The minimum Gasteiger partial charge on any atom is -0.356 e. The molecule has 0 aliphatic rings. The third-order valence-electron chi connectivity index (χ3n) is 3.30. The van der Waals surface area contributed by atoms with E-state index in [0.29, 0.717) is 6.54 Å². The fraction of sp³-hybridized carbons (Fsp3) is 0.353. The lowest BCUT2D eigenvalue weighted by Gasteiger charge is -2.12. The molecular formula is C17H25IN6O. The van der Waals surface area contributed by atoms with Crippen LogP contribution in [0, 0.1) is 0 Å². The molecule has 0 spiro atoms. The lowest BCUT2D eigenvalue weighted by molar-refractivity contribution is -0.116. The van der Waals surface area contributed by atoms with E-state index in [-0.39, 0.29) is 36.4 Å². The number of carbonyl (C=O) groups excluding carboxylic acids is 1. The number of nitrogens with zero attached hydrogens (tertiary/aromatic N) is 3. The Hall–Kier alpha value is -2.10. The van der Waals surface area contributed by atoms with Gasteiger partial charge < -0.3 is 16.0 Å². The van der Waals surface area contributed by atoms with Gasteiger partial charge >= 0.3 is 0 Å². The highest BCUT2D eigenvalue weighted by Gasteiger charge is 2.05. The molecule has 136 valence electrons. The second-order valence-corrected chi connectivity index (χ2v) is 5.30. The molecule has 25 heavy (non-hydrogen) atoms. The second kappa shape index (κ2) is 11.5. The molecule has 1 heterocycles. The molecule has 0 aliphatic carbocycles. The van der Waals surface area contributed by atoms with Gasteiger partial charge in [-0.05, 0) is 30.2 Å². The molecule has 3 N–H and O–H groups in total. The summed E-state index contributed by atoms with van der Waals surface area (Å²) in [4.78, 5) is 16.2. The van der Waals surface area contributed by atoms with Crippen molar-refractivity contribution in [2.24, 2.45) is 4.99 Å². The molecule has 2 aromatic rings. The van der Waals surface area contributed by atoms with Gasteiger partial charge in [0.1, 0.15) is 6.54 Å². The monoisotopic (exact) mass is 456 g/mol. The summed E-state index contributed by atoms with van der Waals surface area (Å²) in [7, 11) is 1.75. The van der Waals surface area contributed by atoms with Crippen molar-refractivity contribution >= 4 is 41.5 Å². The summed E-state index contributed by atoms with van der Waals surface area (Å²) in [6.45, 7) is 3.81. The van der Waals surface area contributed by atoms with Gasteiger partial charge in [-0.1, -0.05) is 19.1 Å². The van der Waals surface area contributed by atoms with E-state index in [2.05, 4.69) is 33.0 Å². The van der Waals surface area contributed by atoms with Crippen molar-refractivity contribution in [1.82, 2.24) is 20.4 Å². The SMILES string of the molecule is CCCNC(=NC)NCc1cccc(NC(=O)Cn2cccn2)c1.I. The van der Waals surface area contributed by atoms with Crippen molar-refractivity contribution in [3.63, 3.8) is 0 Å². The number of anilines is 1. The number of aliphatic imine (C=N–C) groups is 1. The van der Waals surface area contributed by atoms with Crippen LogP contribution in [0.4, 0.5) is 5.69 Å². The molecule has 7 nitrogen and oxygen atoms in total. The Kier molecular flexibility index (Phi) is 9.60. The zero-order valence-corrected chi connectivity index (χ0v) is 16.9. The molecule has 1 amide bonds. The minimum atomic E-state index is -0.107. The third-order valence-corrected chi connectivity index (χ3v) is 3.30. The number of benzene rings is 1. The standard InChI is InChI=1S/C17H24N6O.HI/c1-3-8-19-17(18-2)20-12-14-6-4-7-15(11-14)22-16(24)13-23-10-5-9-21-23;/h4-7,9-11H,3,8,12-13H2,1-2H3,(H,22,24)(H2,18,19,20);1H. The molecule has 0 aliphatic heterocycles. The normalized spacial score (nSPS) is 10.7. The van der Waals surface area contributed by atoms with Crippen molar-refractivity contribution in [3.05, 3.63) is 48.3 Å². The molecule has 0 unspecified atom stereocenters. The van der Waals surface area contributed by atoms with Crippen LogP contribution in [0.15, 0.2) is 47.7 Å². The second-order valence-electron chi connectivity index (χ2n) is 5.30. The summed E-state index contributed by atoms with van der Waals surface area (Å²) in [6, 6.07) is 9.53. The molecule has 2 rings (SSSR count). The molecule has 0 fully saturated rings. The summed E-state index contributed by atoms with van der Waals surface area (Å²) in [5.41, 5.74) is 1.83. The minimum absolute atomic E-state index is 0. The molecular weight excluding hydrogens is 431 g/mol. The Bertz CT molecular complexity index is 672. The number of nitrogens with one attached hydrogen (secondary N) is 3. The number of halogens is 1. The summed E-state index contributed by atoms with van der Waals surface area (Å²) in [6.07, 6.45) is 4.45. The lowest BCUT2D eigenvalue weighted by Crippen LogP contribution is -2.37. The van der Waals surface area contributed by atoms with E-state index in [1.807, 2.05) is 24.3 Å². The van der Waals surface area contributed by atoms with Gasteiger partial charge in [-0.25, -0.2) is 0 Å². The Labute approximate surface area is 165 Å². The summed E-state index contributed by atoms with van der Waals surface area (Å²) in [5, 5.41) is 13.4. The van der Waals surface area contributed by atoms with Gasteiger partial charge in [0.25, 0.3) is 0 Å². The maximum Gasteiger partial charge on any atom is 0.246 e. The van der Waals surface area contributed by atoms with Crippen LogP contribution in [0.3, 0.4) is 0 Å². The van der Waals surface area contributed by atoms with Crippen LogP contribution in [0.2, 0.25) is 0 Å². The van der Waals surface area contributed by atoms with Gasteiger partial charge in [0.05, 0.1) is 0 Å². The molecule has 0 saturated heterocycles. The number of amides is 1. The van der Waals surface area contributed by atoms with Gasteiger partial charge in [0.2, 0.25) is 5.91 Å². The van der Waals surface area contributed by atoms with Crippen LogP contribution in [-0.4, -0.2) is 35.2 Å². The maximum atomic E-state index is 12.0. The number of aromatic nitrogens is 2. The molecule has 0 bridgehead atoms. The zero-order valence-electron chi connectivity index (χ0n) is 14.5. The van der Waals surface area contributed by atoms with E-state index in [1.54, 1.807) is 30.2 Å². The zero-order chi connectivity index (χ0) is 17.2. The van der Waals surface area contributed by atoms with Gasteiger partial charge in [-0.15, -0.1) is 24.0 Å². The van der Waals surface area contributed by atoms with Crippen LogP contribution in [-0.2, 0) is 17.9 Å². The van der Waals surface area contributed by atoms with Crippen molar-refractivity contribution in [1.29, 1.82) is 0 Å². The van der Waals surface area contributed by atoms with Crippen LogP contribution < -0.4 is 16.0 Å². The number of guanidine groups is 1. The van der Waals surface area contributed by atoms with E-state index in [0.717, 1.165) is 30.2 Å². The predicted molar refractivity (Wildman–Crippen MR) is 111 cm³/mol. The first-order chi connectivity index (χ1) is 11.7. The lowest BCUT2D eigenvalue weighted by atomic mass is 10.2. The Morgan fingerprint density at radius 2 is 2.12 bits per heavy atom. The molecule has 8 heteroatoms. The van der Waals surface area contributed by atoms with Crippen molar-refractivity contribution in [3.8, 4) is 0 Å². The Morgan fingerprint density at radius 3 is 2.80 bits per heavy atom. The van der Waals surface area contributed by atoms with Crippen molar-refractivity contribution in [2.45, 2.75) is 26.4 Å². The molecule has 1 aromatic carbocycles. The first kappa shape index (κ1) is 20.9. The summed E-state index contributed by atoms with van der Waals surface area (Å²) >= 11 is 0. The first-order valence-electron chi connectivity index (χ1n) is 8.02. The van der Waals surface area contributed by atoms with Crippen LogP contribution in [0.1, 0.15) is 18.9 Å². The quantitative estimate of drug-likeness (QED) is 0.339. The Morgan fingerprint density at radius 1 is 1.28 bits per heavy atom. The topological polar surface area (TPSA) is 83.3 Å². The van der Waals surface area contributed by atoms with Gasteiger partial charge in [0.15, 0.2) is 5.96 Å². The number of rotatable bonds is 7. The van der Waals surface area contributed by atoms with E-state index in [9.17, 15) is 4.79 Å². The summed E-state index contributed by atoms with van der Waals surface area (Å²) < 4.78 is 1.59. The van der Waals surface area contributed by atoms with E-state index >= 15 is 0 Å². The average Bonchev–Trinajstić information content (AvgIpc) is 3.08. The molecule has 0 saturated carbocycles. The number of hydrogen-bond donors (Lipinski definition) is 3. The Balaban J connectivity index is 0.00000312. The predicted octanol–water partition coefficient (Wildman–Crippen LogP) is 2.21. The molecule has 1 aromatic heterocycles. The van der Waals surface area contributed by atoms with Crippen LogP contribution in [0.5, 0.6) is 0 Å². The highest BCUT2D eigenvalue weighted by atomic mass is 127. The summed E-state index contributed by atoms with van der Waals surface area (Å²) in [5.74, 6) is 0.661. The van der Waals surface area contributed by atoms with Gasteiger partial charge in [0, 0.05) is 38.2 Å². The van der Waals surface area contributed by atoms with Crippen LogP contribution >= 0.6 is 24.0 Å². The largest absolute Gasteiger partial charge is 0.356 e. The first-order valence-corrected chi connectivity index (χ1v) is 8.02. The fourth-order valence-corrected chi connectivity index (χ4v) is 2.15. The maximum absolute atomic E-state index is 12.0. The van der Waals surface area contributed by atoms with E-state index in [1.165, 1.54) is 0 Å².